The van der Waals surface area contributed by atoms with Crippen LogP contribution in [0.4, 0.5) is 0 Å². The van der Waals surface area contributed by atoms with Crippen molar-refractivity contribution in [3.8, 4) is 0 Å². The van der Waals surface area contributed by atoms with Gasteiger partial charge in [-0.15, -0.1) is 0 Å². The molecule has 0 bridgehead atoms. The Kier molecular flexibility index (Phi) is 3.14. The summed E-state index contributed by atoms with van der Waals surface area (Å²) in [5.41, 5.74) is -1.37. The Labute approximate surface area is 89.1 Å². The lowest BCUT2D eigenvalue weighted by atomic mass is 9.99. The second-order valence-corrected chi connectivity index (χ2v) is 2.87. The third-order valence-corrected chi connectivity index (χ3v) is 1.94. The molecule has 6 nitrogen and oxygen atoms in total. The van der Waals surface area contributed by atoms with Crippen molar-refractivity contribution < 1.29 is 29.4 Å². The third-order valence-electron chi connectivity index (χ3n) is 1.94. The van der Waals surface area contributed by atoms with Gasteiger partial charge >= 0.3 is 11.9 Å². The number of carbonyl (C=O) groups is 4. The highest BCUT2D eigenvalue weighted by Gasteiger charge is 2.18. The summed E-state index contributed by atoms with van der Waals surface area (Å²) in [6.45, 7) is 0. The monoisotopic (exact) mass is 222 g/mol. The van der Waals surface area contributed by atoms with Crippen molar-refractivity contribution in [3.05, 3.63) is 34.4 Å². The molecule has 1 aromatic rings. The molecule has 0 spiro atoms. The summed E-state index contributed by atoms with van der Waals surface area (Å²) in [6.07, 6.45) is 0.587. The lowest BCUT2D eigenvalue weighted by molar-refractivity contribution is 0.0651. The smallest absolute Gasteiger partial charge is 0.336 e. The summed E-state index contributed by atoms with van der Waals surface area (Å²) in [5.74, 6) is -2.95. The van der Waals surface area contributed by atoms with Crippen molar-refractivity contribution in [3.63, 3.8) is 0 Å². The van der Waals surface area contributed by atoms with Crippen molar-refractivity contribution in [1.82, 2.24) is 0 Å². The third kappa shape index (κ3) is 1.95. The molecule has 0 saturated carbocycles. The van der Waals surface area contributed by atoms with Crippen molar-refractivity contribution in [2.24, 2.45) is 0 Å². The zero-order chi connectivity index (χ0) is 12.3. The largest absolute Gasteiger partial charge is 0.478 e. The van der Waals surface area contributed by atoms with E-state index < -0.39 is 23.1 Å². The van der Waals surface area contributed by atoms with Gasteiger partial charge in [0.05, 0.1) is 11.1 Å². The Bertz CT molecular complexity index is 443. The minimum absolute atomic E-state index is 0.155. The average molecular weight is 222 g/mol. The fourth-order valence-corrected chi connectivity index (χ4v) is 1.19. The molecule has 6 heteroatoms. The molecule has 82 valence electrons. The molecule has 0 aliphatic heterocycles. The molecule has 0 atom stereocenters. The van der Waals surface area contributed by atoms with E-state index in [1.165, 1.54) is 0 Å². The number of carboxylic acids is 2. The van der Waals surface area contributed by atoms with Crippen molar-refractivity contribution in [2.45, 2.75) is 0 Å². The first-order chi connectivity index (χ1) is 7.51. The molecular weight excluding hydrogens is 216 g/mol. The zero-order valence-electron chi connectivity index (χ0n) is 7.84. The molecule has 0 unspecified atom stereocenters. The summed E-state index contributed by atoms with van der Waals surface area (Å²) < 4.78 is 0. The number of carboxylic acid groups (broad SMARTS) is 2. The highest BCUT2D eigenvalue weighted by atomic mass is 16.4. The summed E-state index contributed by atoms with van der Waals surface area (Å²) in [6, 6.07) is 1.73. The van der Waals surface area contributed by atoms with Crippen molar-refractivity contribution in [1.29, 1.82) is 0 Å². The SMILES string of the molecule is O=Cc1cc(C(=O)O)c(C(=O)O)cc1C=O. The van der Waals surface area contributed by atoms with Crippen LogP contribution in [0.15, 0.2) is 12.1 Å². The molecule has 0 radical (unpaired) electrons. The zero-order valence-corrected chi connectivity index (χ0v) is 7.84. The van der Waals surface area contributed by atoms with Crippen LogP contribution in [-0.2, 0) is 0 Å². The number of aldehydes is 2. The van der Waals surface area contributed by atoms with E-state index in [1.54, 1.807) is 0 Å². The molecule has 0 fully saturated rings. The predicted octanol–water partition coefficient (Wildman–Crippen LogP) is 0.708. The Balaban J connectivity index is 3.59. The fourth-order valence-electron chi connectivity index (χ4n) is 1.19. The van der Waals surface area contributed by atoms with Gasteiger partial charge in [0, 0.05) is 11.1 Å². The van der Waals surface area contributed by atoms with Gasteiger partial charge < -0.3 is 10.2 Å². The van der Waals surface area contributed by atoms with Crippen LogP contribution in [-0.4, -0.2) is 34.7 Å². The van der Waals surface area contributed by atoms with Crippen LogP contribution in [0, 0.1) is 0 Å². The quantitative estimate of drug-likeness (QED) is 0.726. The fraction of sp³-hybridized carbons (Fsp3) is 0. The number of carbonyl (C=O) groups excluding carboxylic acids is 2. The minimum atomic E-state index is -1.47. The van der Waals surface area contributed by atoms with Gasteiger partial charge in [-0.25, -0.2) is 9.59 Å². The Hall–Kier alpha value is -2.50. The molecule has 2 N–H and O–H groups in total. The van der Waals surface area contributed by atoms with Crippen LogP contribution < -0.4 is 0 Å². The van der Waals surface area contributed by atoms with Gasteiger partial charge in [0.25, 0.3) is 0 Å². The number of hydrogen-bond acceptors (Lipinski definition) is 4. The topological polar surface area (TPSA) is 109 Å². The molecule has 0 aliphatic carbocycles. The molecule has 0 amide bonds. The van der Waals surface area contributed by atoms with Gasteiger partial charge in [0.1, 0.15) is 0 Å². The molecule has 1 rings (SSSR count). The maximum absolute atomic E-state index is 10.7. The van der Waals surface area contributed by atoms with Crippen LogP contribution in [0.5, 0.6) is 0 Å². The number of hydrogen-bond donors (Lipinski definition) is 2. The summed E-state index contributed by atoms with van der Waals surface area (Å²) in [7, 11) is 0. The molecule has 1 aromatic carbocycles. The minimum Gasteiger partial charge on any atom is -0.478 e. The van der Waals surface area contributed by atoms with Crippen LogP contribution >= 0.6 is 0 Å². The summed E-state index contributed by atoms with van der Waals surface area (Å²) in [5, 5.41) is 17.5. The molecule has 0 heterocycles. The van der Waals surface area contributed by atoms with E-state index in [-0.39, 0.29) is 11.1 Å². The highest BCUT2D eigenvalue weighted by Crippen LogP contribution is 2.15. The van der Waals surface area contributed by atoms with E-state index in [0.717, 1.165) is 12.1 Å². The lowest BCUT2D eigenvalue weighted by Gasteiger charge is -2.04. The Morgan fingerprint density at radius 2 is 1.19 bits per heavy atom. The summed E-state index contributed by atoms with van der Waals surface area (Å²) in [4.78, 5) is 42.5. The number of rotatable bonds is 4. The van der Waals surface area contributed by atoms with E-state index in [4.69, 9.17) is 10.2 Å². The van der Waals surface area contributed by atoms with Crippen molar-refractivity contribution >= 4 is 24.5 Å². The molecular formula is C10H6O6. The van der Waals surface area contributed by atoms with E-state index in [1.807, 2.05) is 0 Å². The maximum Gasteiger partial charge on any atom is 0.336 e. The Morgan fingerprint density at radius 3 is 1.38 bits per heavy atom. The van der Waals surface area contributed by atoms with Gasteiger partial charge in [0.2, 0.25) is 0 Å². The maximum atomic E-state index is 10.7. The summed E-state index contributed by atoms with van der Waals surface area (Å²) >= 11 is 0. The number of aromatic carboxylic acids is 2. The van der Waals surface area contributed by atoms with Crippen LogP contribution in [0.3, 0.4) is 0 Å². The van der Waals surface area contributed by atoms with E-state index in [2.05, 4.69) is 0 Å². The van der Waals surface area contributed by atoms with Crippen LogP contribution in [0.25, 0.3) is 0 Å². The lowest BCUT2D eigenvalue weighted by Crippen LogP contribution is -2.10. The molecule has 16 heavy (non-hydrogen) atoms. The first-order valence-corrected chi connectivity index (χ1v) is 4.06. The molecule has 0 saturated heterocycles. The first-order valence-electron chi connectivity index (χ1n) is 4.06. The van der Waals surface area contributed by atoms with Gasteiger partial charge in [0.15, 0.2) is 12.6 Å². The van der Waals surface area contributed by atoms with Gasteiger partial charge in [-0.2, -0.15) is 0 Å². The molecule has 0 aromatic heterocycles. The van der Waals surface area contributed by atoms with Crippen LogP contribution in [0.2, 0.25) is 0 Å². The van der Waals surface area contributed by atoms with E-state index >= 15 is 0 Å². The Morgan fingerprint density at radius 1 is 0.875 bits per heavy atom. The average Bonchev–Trinajstić information content (AvgIpc) is 2.26. The standard InChI is InChI=1S/C10H6O6/c11-3-5-1-7(9(13)14)8(10(15)16)2-6(5)4-12/h1-4H,(H,13,14)(H,15,16). The van der Waals surface area contributed by atoms with Crippen LogP contribution in [0.1, 0.15) is 41.4 Å². The van der Waals surface area contributed by atoms with Gasteiger partial charge in [-0.1, -0.05) is 0 Å². The predicted molar refractivity (Wildman–Crippen MR) is 51.1 cm³/mol. The van der Waals surface area contributed by atoms with Crippen molar-refractivity contribution in [2.75, 3.05) is 0 Å². The van der Waals surface area contributed by atoms with E-state index in [0.29, 0.717) is 12.6 Å². The second-order valence-electron chi connectivity index (χ2n) is 2.87. The van der Waals surface area contributed by atoms with Gasteiger partial charge in [-0.3, -0.25) is 9.59 Å². The first kappa shape index (κ1) is 11.6. The highest BCUT2D eigenvalue weighted by molar-refractivity contribution is 6.05. The molecule has 0 aliphatic rings. The van der Waals surface area contributed by atoms with Gasteiger partial charge in [-0.05, 0) is 12.1 Å². The van der Waals surface area contributed by atoms with E-state index in [9.17, 15) is 19.2 Å². The number of benzene rings is 1. The second kappa shape index (κ2) is 4.35. The normalized spacial score (nSPS) is 9.50.